The highest BCUT2D eigenvalue weighted by molar-refractivity contribution is 7.38. The van der Waals surface area contributed by atoms with Gasteiger partial charge in [0.2, 0.25) is 0 Å². The Morgan fingerprint density at radius 1 is 1.00 bits per heavy atom. The highest BCUT2D eigenvalue weighted by Crippen LogP contribution is 2.08. The largest absolute Gasteiger partial charge is 0.505 e. The SMILES string of the molecule is C=C.CC[P+](=O)O.CC[P+](=O)O. The molecule has 0 aliphatic heterocycles. The average Bonchev–Trinajstić information content (AvgIpc) is 2.09. The monoisotopic (exact) mass is 214 g/mol. The maximum absolute atomic E-state index is 9.52. The third-order valence-electron chi connectivity index (χ3n) is 0.541. The maximum atomic E-state index is 9.52. The fourth-order valence-corrected chi connectivity index (χ4v) is 0. The van der Waals surface area contributed by atoms with E-state index in [2.05, 4.69) is 13.2 Å². The molecule has 0 saturated carbocycles. The predicted molar refractivity (Wildman–Crippen MR) is 52.0 cm³/mol. The van der Waals surface area contributed by atoms with E-state index >= 15 is 0 Å². The molecule has 0 spiro atoms. The minimum Gasteiger partial charge on any atom is -0.161 e. The van der Waals surface area contributed by atoms with E-state index < -0.39 is 16.1 Å². The van der Waals surface area contributed by atoms with E-state index in [4.69, 9.17) is 9.79 Å². The molecule has 0 aliphatic carbocycles. The van der Waals surface area contributed by atoms with Crippen LogP contribution in [-0.4, -0.2) is 22.1 Å². The van der Waals surface area contributed by atoms with Crippen LogP contribution in [0.3, 0.4) is 0 Å². The molecule has 6 heteroatoms. The Morgan fingerprint density at radius 2 is 1.08 bits per heavy atom. The van der Waals surface area contributed by atoms with E-state index in [0.717, 1.165) is 0 Å². The topological polar surface area (TPSA) is 74.6 Å². The second-order valence-electron chi connectivity index (χ2n) is 1.34. The van der Waals surface area contributed by atoms with Crippen molar-refractivity contribution in [2.75, 3.05) is 12.3 Å². The summed E-state index contributed by atoms with van der Waals surface area (Å²) in [5, 5.41) is 0. The third-order valence-corrected chi connectivity index (χ3v) is 1.62. The van der Waals surface area contributed by atoms with Crippen molar-refractivity contribution in [2.24, 2.45) is 0 Å². The van der Waals surface area contributed by atoms with Gasteiger partial charge in [-0.3, -0.25) is 0 Å². The van der Waals surface area contributed by atoms with Gasteiger partial charge >= 0.3 is 16.1 Å². The minimum absolute atomic E-state index is 0.370. The fraction of sp³-hybridized carbons (Fsp3) is 0.667. The van der Waals surface area contributed by atoms with Gasteiger partial charge in [-0.2, -0.15) is 9.79 Å². The van der Waals surface area contributed by atoms with Crippen molar-refractivity contribution in [3.8, 4) is 0 Å². The lowest BCUT2D eigenvalue weighted by molar-refractivity contribution is 0.503. The Labute approximate surface area is 75.1 Å². The standard InChI is InChI=1S/2C2H5O2P.C2H4/c2*1-2-5(3)4;1-2/h2*2H2,1H3;1-2H2/p+2. The van der Waals surface area contributed by atoms with Gasteiger partial charge in [0, 0.05) is 0 Å². The van der Waals surface area contributed by atoms with Crippen LogP contribution in [0.25, 0.3) is 0 Å². The molecule has 0 fully saturated rings. The summed E-state index contributed by atoms with van der Waals surface area (Å²) in [5.74, 6) is 0. The van der Waals surface area contributed by atoms with Crippen molar-refractivity contribution in [1.82, 2.24) is 0 Å². The molecular formula is C6H16O4P2+2. The minimum atomic E-state index is -1.85. The highest BCUT2D eigenvalue weighted by Gasteiger charge is 1.99. The molecule has 0 aromatic heterocycles. The van der Waals surface area contributed by atoms with Crippen molar-refractivity contribution in [2.45, 2.75) is 13.8 Å². The molecule has 2 unspecified atom stereocenters. The molecule has 0 aromatic carbocycles. The highest BCUT2D eigenvalue weighted by atomic mass is 31.1. The smallest absolute Gasteiger partial charge is 0.161 e. The first-order chi connectivity index (χ1) is 5.54. The van der Waals surface area contributed by atoms with Gasteiger partial charge in [-0.1, -0.05) is 0 Å². The van der Waals surface area contributed by atoms with Gasteiger partial charge in [-0.05, 0) is 23.0 Å². The Kier molecular flexibility index (Phi) is 25.4. The maximum Gasteiger partial charge on any atom is 0.505 e. The number of hydrogen-bond donors (Lipinski definition) is 2. The quantitative estimate of drug-likeness (QED) is 0.546. The number of hydrogen-bond acceptors (Lipinski definition) is 2. The molecule has 4 nitrogen and oxygen atoms in total. The fourth-order valence-electron chi connectivity index (χ4n) is 0. The first kappa shape index (κ1) is 17.8. The summed E-state index contributed by atoms with van der Waals surface area (Å²) in [6.45, 7) is 9.33. The zero-order valence-electron chi connectivity index (χ0n) is 7.43. The summed E-state index contributed by atoms with van der Waals surface area (Å²) < 4.78 is 19.0. The zero-order chi connectivity index (χ0) is 10.6. The van der Waals surface area contributed by atoms with E-state index in [1.165, 1.54) is 0 Å². The molecule has 0 aliphatic rings. The summed E-state index contributed by atoms with van der Waals surface area (Å²) in [4.78, 5) is 15.7. The molecule has 0 bridgehead atoms. The summed E-state index contributed by atoms with van der Waals surface area (Å²) in [6, 6.07) is 0. The van der Waals surface area contributed by atoms with Crippen LogP contribution >= 0.6 is 16.1 Å². The lowest BCUT2D eigenvalue weighted by Crippen LogP contribution is -1.56. The van der Waals surface area contributed by atoms with Crippen LogP contribution in [0.2, 0.25) is 0 Å². The zero-order valence-corrected chi connectivity index (χ0v) is 9.22. The van der Waals surface area contributed by atoms with Crippen LogP contribution in [0, 0.1) is 0 Å². The average molecular weight is 214 g/mol. The summed E-state index contributed by atoms with van der Waals surface area (Å²) in [5.41, 5.74) is 0. The summed E-state index contributed by atoms with van der Waals surface area (Å²) in [7, 11) is -3.70. The molecule has 0 saturated heterocycles. The molecule has 2 N–H and O–H groups in total. The first-order valence-corrected chi connectivity index (χ1v) is 6.11. The normalized spacial score (nSPS) is 9.67. The van der Waals surface area contributed by atoms with E-state index in [-0.39, 0.29) is 0 Å². The van der Waals surface area contributed by atoms with Gasteiger partial charge in [0.25, 0.3) is 0 Å². The van der Waals surface area contributed by atoms with Gasteiger partial charge in [0.1, 0.15) is 0 Å². The van der Waals surface area contributed by atoms with Gasteiger partial charge in [-0.25, -0.2) is 0 Å². The molecule has 0 aromatic rings. The van der Waals surface area contributed by atoms with Crippen molar-refractivity contribution < 1.29 is 18.9 Å². The Balaban J connectivity index is -0.000000112. The molecule has 0 radical (unpaired) electrons. The first-order valence-electron chi connectivity index (χ1n) is 3.31. The summed E-state index contributed by atoms with van der Waals surface area (Å²) in [6.07, 6.45) is 0.741. The van der Waals surface area contributed by atoms with Gasteiger partial charge in [0.05, 0.1) is 0 Å². The Bertz CT molecular complexity index is 113. The lowest BCUT2D eigenvalue weighted by Gasteiger charge is -1.53. The van der Waals surface area contributed by atoms with Crippen molar-refractivity contribution in [3.05, 3.63) is 13.2 Å². The molecule has 12 heavy (non-hydrogen) atoms. The molecular weight excluding hydrogens is 198 g/mol. The molecule has 2 atom stereocenters. The van der Waals surface area contributed by atoms with Gasteiger partial charge < -0.3 is 0 Å². The lowest BCUT2D eigenvalue weighted by atomic mass is 11.0. The van der Waals surface area contributed by atoms with Crippen LogP contribution in [0.1, 0.15) is 13.8 Å². The van der Waals surface area contributed by atoms with Crippen molar-refractivity contribution in [1.29, 1.82) is 0 Å². The van der Waals surface area contributed by atoms with E-state index in [1.807, 2.05) is 0 Å². The van der Waals surface area contributed by atoms with Crippen LogP contribution in [0.5, 0.6) is 0 Å². The van der Waals surface area contributed by atoms with Gasteiger partial charge in [-0.15, -0.1) is 13.2 Å². The van der Waals surface area contributed by atoms with Crippen LogP contribution < -0.4 is 0 Å². The van der Waals surface area contributed by atoms with E-state index in [0.29, 0.717) is 12.3 Å². The molecule has 0 heterocycles. The van der Waals surface area contributed by atoms with Crippen molar-refractivity contribution in [3.63, 3.8) is 0 Å². The molecule has 0 amide bonds. The Morgan fingerprint density at radius 3 is 1.08 bits per heavy atom. The molecule has 0 rings (SSSR count). The second-order valence-corrected chi connectivity index (χ2v) is 4.01. The number of rotatable bonds is 2. The van der Waals surface area contributed by atoms with Crippen LogP contribution in [0.15, 0.2) is 13.2 Å². The van der Waals surface area contributed by atoms with E-state index in [9.17, 15) is 9.13 Å². The van der Waals surface area contributed by atoms with E-state index in [1.54, 1.807) is 13.8 Å². The Hall–Kier alpha value is -0.140. The van der Waals surface area contributed by atoms with Crippen LogP contribution in [-0.2, 0) is 9.13 Å². The van der Waals surface area contributed by atoms with Crippen molar-refractivity contribution >= 4 is 16.1 Å². The predicted octanol–water partition coefficient (Wildman–Crippen LogP) is 2.28. The second kappa shape index (κ2) is 17.1. The van der Waals surface area contributed by atoms with Gasteiger partial charge in [0.15, 0.2) is 12.3 Å². The summed E-state index contributed by atoms with van der Waals surface area (Å²) >= 11 is 0. The molecule has 72 valence electrons. The van der Waals surface area contributed by atoms with Crippen LogP contribution in [0.4, 0.5) is 0 Å². The third kappa shape index (κ3) is 51.9.